The molecule has 0 spiro atoms. The fourth-order valence-corrected chi connectivity index (χ4v) is 4.21. The maximum atomic E-state index is 14.4. The van der Waals surface area contributed by atoms with Crippen LogP contribution in [0.1, 0.15) is 78.1 Å². The van der Waals surface area contributed by atoms with Crippen LogP contribution >= 0.6 is 0 Å². The summed E-state index contributed by atoms with van der Waals surface area (Å²) < 4.78 is 245. The van der Waals surface area contributed by atoms with Gasteiger partial charge in [0.05, 0.1) is 24.6 Å². The first-order valence-corrected chi connectivity index (χ1v) is 16.2. The zero-order valence-corrected chi connectivity index (χ0v) is 28.7. The van der Waals surface area contributed by atoms with E-state index >= 15 is 0 Å². The number of nitrogens with one attached hydrogen (secondary N) is 2. The summed E-state index contributed by atoms with van der Waals surface area (Å²) in [5.74, 6) is -56.3. The molecule has 24 heteroatoms. The van der Waals surface area contributed by atoms with Gasteiger partial charge in [-0.3, -0.25) is 10.6 Å². The first-order valence-electron chi connectivity index (χ1n) is 16.2. The molecule has 7 nitrogen and oxygen atoms in total. The van der Waals surface area contributed by atoms with E-state index in [1.54, 1.807) is 0 Å². The molecule has 0 bridgehead atoms. The average molecular weight is 839 g/mol. The van der Waals surface area contributed by atoms with Crippen molar-refractivity contribution >= 4 is 23.6 Å². The third-order valence-electron chi connectivity index (χ3n) is 7.41. The fourth-order valence-electron chi connectivity index (χ4n) is 4.21. The van der Waals surface area contributed by atoms with Crippen LogP contribution in [-0.2, 0) is 9.47 Å². The van der Waals surface area contributed by atoms with Crippen LogP contribution in [0.15, 0.2) is 30.0 Å². The number of allylic oxidation sites excluding steroid dienone is 1. The molecule has 0 aliphatic carbocycles. The second-order valence-electron chi connectivity index (χ2n) is 11.7. The van der Waals surface area contributed by atoms with Gasteiger partial charge in [-0.25, -0.2) is 9.59 Å². The number of alkyl halides is 15. The molecule has 0 saturated carbocycles. The molecule has 1 aromatic rings. The second-order valence-corrected chi connectivity index (χ2v) is 11.7. The number of carbonyl (C=O) groups excluding carboxylic acids is 2. The highest BCUT2D eigenvalue weighted by Crippen LogP contribution is 2.63. The molecular formula is C31H35F17N2O5. The third-order valence-corrected chi connectivity index (χ3v) is 7.41. The average Bonchev–Trinajstić information content (AvgIpc) is 3.07. The summed E-state index contributed by atoms with van der Waals surface area (Å²) in [6, 6.07) is -2.29. The predicted molar refractivity (Wildman–Crippen MR) is 160 cm³/mol. The number of benzene rings is 1. The number of carbonyl (C=O) groups is 2. The maximum absolute atomic E-state index is 14.4. The Balaban J connectivity index is 3.46. The van der Waals surface area contributed by atoms with Crippen LogP contribution in [0.5, 0.6) is 5.75 Å². The van der Waals surface area contributed by atoms with Gasteiger partial charge in [0.1, 0.15) is 5.75 Å². The van der Waals surface area contributed by atoms with Crippen molar-refractivity contribution in [2.45, 2.75) is 120 Å². The molecule has 0 atom stereocenters. The van der Waals surface area contributed by atoms with Crippen molar-refractivity contribution in [2.75, 3.05) is 23.8 Å². The van der Waals surface area contributed by atoms with E-state index in [1.807, 2.05) is 19.2 Å². The molecule has 0 aliphatic rings. The minimum absolute atomic E-state index is 0.110. The predicted octanol–water partition coefficient (Wildman–Crippen LogP) is 12.6. The molecule has 0 fully saturated rings. The fraction of sp³-hybridized carbons (Fsp3) is 0.677. The number of hydrogen-bond acceptors (Lipinski definition) is 5. The van der Waals surface area contributed by atoms with Crippen molar-refractivity contribution in [2.24, 2.45) is 0 Å². The molecular weight excluding hydrogens is 803 g/mol. The molecule has 2 N–H and O–H groups in total. The van der Waals surface area contributed by atoms with Crippen LogP contribution in [0, 0.1) is 0 Å². The first kappa shape index (κ1) is 49.1. The Bertz CT molecular complexity index is 1450. The monoisotopic (exact) mass is 838 g/mol. The molecule has 1 aromatic carbocycles. The van der Waals surface area contributed by atoms with E-state index in [-0.39, 0.29) is 13.2 Å². The molecule has 2 amide bonds. The van der Waals surface area contributed by atoms with Crippen molar-refractivity contribution in [3.8, 4) is 5.75 Å². The van der Waals surface area contributed by atoms with Crippen LogP contribution in [0.2, 0.25) is 0 Å². The Labute approximate surface area is 301 Å². The van der Waals surface area contributed by atoms with Crippen molar-refractivity contribution in [3.05, 3.63) is 30.0 Å². The van der Waals surface area contributed by atoms with E-state index in [1.165, 1.54) is 0 Å². The van der Waals surface area contributed by atoms with Crippen molar-refractivity contribution in [1.82, 2.24) is 0 Å². The minimum Gasteiger partial charge on any atom is -0.449 e. The van der Waals surface area contributed by atoms with E-state index in [4.69, 9.17) is 9.47 Å². The molecule has 0 heterocycles. The van der Waals surface area contributed by atoms with Crippen molar-refractivity contribution < 1.29 is 98.4 Å². The van der Waals surface area contributed by atoms with E-state index in [0.29, 0.717) is 43.9 Å². The summed E-state index contributed by atoms with van der Waals surface area (Å²) in [7, 11) is 0. The van der Waals surface area contributed by atoms with Crippen LogP contribution in [0.3, 0.4) is 0 Å². The van der Waals surface area contributed by atoms with Crippen LogP contribution in [-0.4, -0.2) is 67.1 Å². The van der Waals surface area contributed by atoms with Gasteiger partial charge in [-0.15, -0.1) is 0 Å². The lowest BCUT2D eigenvalue weighted by atomic mass is 9.91. The summed E-state index contributed by atoms with van der Waals surface area (Å²) in [6.07, 6.45) is -3.11. The molecule has 0 aliphatic heterocycles. The number of unbranched alkanes of at least 4 members (excludes halogenated alkanes) is 8. The van der Waals surface area contributed by atoms with Gasteiger partial charge in [0.25, 0.3) is 0 Å². The van der Waals surface area contributed by atoms with E-state index in [0.717, 1.165) is 38.5 Å². The Morgan fingerprint density at radius 1 is 0.545 bits per heavy atom. The summed E-state index contributed by atoms with van der Waals surface area (Å²) in [4.78, 5) is 24.6. The number of hydrogen-bond donors (Lipinski definition) is 2. The zero-order valence-electron chi connectivity index (χ0n) is 28.7. The zero-order chi connectivity index (χ0) is 42.7. The number of halogens is 17. The summed E-state index contributed by atoms with van der Waals surface area (Å²) in [6.45, 7) is 3.57. The lowest BCUT2D eigenvalue weighted by Gasteiger charge is -2.41. The van der Waals surface area contributed by atoms with Gasteiger partial charge in [-0.2, -0.15) is 74.6 Å². The Kier molecular flexibility index (Phi) is 17.2. The normalized spacial score (nSPS) is 13.9. The highest BCUT2D eigenvalue weighted by Gasteiger charge is 2.94. The quantitative estimate of drug-likeness (QED) is 0.0690. The number of rotatable bonds is 22. The van der Waals surface area contributed by atoms with E-state index in [2.05, 4.69) is 10.1 Å². The van der Waals surface area contributed by atoms with E-state index in [9.17, 15) is 84.2 Å². The van der Waals surface area contributed by atoms with Gasteiger partial charge in [-0.05, 0) is 25.0 Å². The number of anilines is 2. The molecule has 0 unspecified atom stereocenters. The largest absolute Gasteiger partial charge is 0.460 e. The van der Waals surface area contributed by atoms with Crippen molar-refractivity contribution in [3.63, 3.8) is 0 Å². The Morgan fingerprint density at radius 2 is 0.945 bits per heavy atom. The first-order chi connectivity index (χ1) is 25.1. The molecule has 0 saturated heterocycles. The second kappa shape index (κ2) is 19.3. The van der Waals surface area contributed by atoms with Gasteiger partial charge in [0.2, 0.25) is 5.83 Å². The van der Waals surface area contributed by atoms with Gasteiger partial charge < -0.3 is 14.2 Å². The van der Waals surface area contributed by atoms with Crippen LogP contribution in [0.4, 0.5) is 95.6 Å². The molecule has 0 aromatic heterocycles. The molecule has 0 radical (unpaired) electrons. The summed E-state index contributed by atoms with van der Waals surface area (Å²) in [5.41, 5.74) is -1.18. The highest BCUT2D eigenvalue weighted by atomic mass is 19.4. The Hall–Kier alpha value is -3.89. The summed E-state index contributed by atoms with van der Waals surface area (Å²) in [5, 5.41) is 4.07. The van der Waals surface area contributed by atoms with Crippen molar-refractivity contribution in [1.29, 1.82) is 0 Å². The molecule has 318 valence electrons. The topological polar surface area (TPSA) is 85.9 Å². The lowest BCUT2D eigenvalue weighted by molar-refractivity contribution is -0.451. The molecule has 1 rings (SSSR count). The molecule has 55 heavy (non-hydrogen) atoms. The number of amides is 2. The third kappa shape index (κ3) is 11.3. The SMILES string of the molecule is CCCCCCCOC(=O)Nc1ccc(OC(F)=C(F)C(F)(F)C(F)(F)C(F)(F)C(F)(F)C(F)(F)C(F)(F)C(F)(F)F)cc1NC(=O)OCCCCCCC. The van der Waals surface area contributed by atoms with Gasteiger partial charge >= 0.3 is 59.9 Å². The van der Waals surface area contributed by atoms with Gasteiger partial charge in [0.15, 0.2) is 0 Å². The lowest BCUT2D eigenvalue weighted by Crippen LogP contribution is -2.72. The van der Waals surface area contributed by atoms with E-state index < -0.39 is 82.9 Å². The smallest absolute Gasteiger partial charge is 0.449 e. The summed E-state index contributed by atoms with van der Waals surface area (Å²) >= 11 is 0. The Morgan fingerprint density at radius 3 is 1.38 bits per heavy atom. The number of ether oxygens (including phenoxy) is 3. The van der Waals surface area contributed by atoms with Crippen LogP contribution in [0.25, 0.3) is 0 Å². The van der Waals surface area contributed by atoms with Crippen LogP contribution < -0.4 is 15.4 Å². The standard InChI is InChI=1S/C31H35F17N2O5/c1-3-5-7-9-11-15-53-23(51)49-19-14-13-18(17-20(19)50-24(52)54-16-12-10-8-6-4-2)55-22(33)21(32)25(34,35)26(36,37)27(38,39)28(40,41)29(42,43)30(44,45)31(46,47)48/h13-14,17H,3-12,15-16H2,1-2H3,(H,49,51)(H,50,52). The maximum Gasteiger partial charge on any atom is 0.460 e. The highest BCUT2D eigenvalue weighted by molar-refractivity contribution is 5.95. The van der Waals surface area contributed by atoms with Gasteiger partial charge in [0, 0.05) is 6.07 Å². The minimum atomic E-state index is -8.73. The van der Waals surface area contributed by atoms with Gasteiger partial charge in [-0.1, -0.05) is 65.2 Å².